The van der Waals surface area contributed by atoms with Crippen molar-refractivity contribution in [3.63, 3.8) is 0 Å². The minimum absolute atomic E-state index is 0.328. The first-order chi connectivity index (χ1) is 10.6. The van der Waals surface area contributed by atoms with Gasteiger partial charge < -0.3 is 9.80 Å². The largest absolute Gasteiger partial charge is 0.360 e. The van der Waals surface area contributed by atoms with Crippen LogP contribution >= 0.6 is 11.6 Å². The van der Waals surface area contributed by atoms with Crippen molar-refractivity contribution in [3.8, 4) is 0 Å². The third-order valence-corrected chi connectivity index (χ3v) is 4.33. The molecule has 1 N–H and O–H groups in total. The fourth-order valence-electron chi connectivity index (χ4n) is 2.88. The van der Waals surface area contributed by atoms with Gasteiger partial charge in [-0.3, -0.25) is 0 Å². The van der Waals surface area contributed by atoms with Gasteiger partial charge in [0.25, 0.3) is 0 Å². The molecule has 1 aliphatic heterocycles. The van der Waals surface area contributed by atoms with Crippen LogP contribution in [0.3, 0.4) is 0 Å². The van der Waals surface area contributed by atoms with Crippen molar-refractivity contribution in [2.75, 3.05) is 31.1 Å². The summed E-state index contributed by atoms with van der Waals surface area (Å²) in [5.74, 6) is -0.709. The van der Waals surface area contributed by atoms with E-state index >= 15 is 0 Å². The smallest absolute Gasteiger partial charge is 0.132 e. The number of quaternary nitrogens is 1. The van der Waals surface area contributed by atoms with E-state index in [0.717, 1.165) is 43.0 Å². The molecule has 0 saturated carbocycles. The van der Waals surface area contributed by atoms with Crippen molar-refractivity contribution in [1.29, 1.82) is 0 Å². The number of hydrogen-bond acceptors (Lipinski definition) is 1. The Balaban J connectivity index is 1.61. The minimum Gasteiger partial charge on any atom is -0.360 e. The Hall–Kier alpha value is -1.65. The van der Waals surface area contributed by atoms with Crippen LogP contribution in [0.25, 0.3) is 0 Å². The van der Waals surface area contributed by atoms with Gasteiger partial charge in [-0.05, 0) is 36.4 Å². The standard InChI is InChI=1S/C17H17ClF2N2/c18-14-2-1-3-16(11-14)22-8-6-21(7-9-22)12-13-10-15(19)4-5-17(13)20/h1-5,10-11H,6-9,12H2/p+1. The fourth-order valence-corrected chi connectivity index (χ4v) is 3.06. The molecule has 1 aliphatic rings. The number of hydrogen-bond donors (Lipinski definition) is 1. The Bertz CT molecular complexity index is 655. The van der Waals surface area contributed by atoms with Gasteiger partial charge in [0, 0.05) is 16.3 Å². The summed E-state index contributed by atoms with van der Waals surface area (Å²) in [5, 5.41) is 0.731. The summed E-state index contributed by atoms with van der Waals surface area (Å²) in [5.41, 5.74) is 1.56. The quantitative estimate of drug-likeness (QED) is 0.912. The summed E-state index contributed by atoms with van der Waals surface area (Å²) in [6, 6.07) is 11.5. The molecule has 0 bridgehead atoms. The summed E-state index contributed by atoms with van der Waals surface area (Å²) < 4.78 is 26.9. The second-order valence-electron chi connectivity index (χ2n) is 5.63. The highest BCUT2D eigenvalue weighted by Gasteiger charge is 2.21. The zero-order chi connectivity index (χ0) is 15.5. The molecule has 3 rings (SSSR count). The van der Waals surface area contributed by atoms with Crippen molar-refractivity contribution in [2.24, 2.45) is 0 Å². The van der Waals surface area contributed by atoms with E-state index in [1.807, 2.05) is 24.3 Å². The highest BCUT2D eigenvalue weighted by molar-refractivity contribution is 6.30. The molecule has 2 nitrogen and oxygen atoms in total. The van der Waals surface area contributed by atoms with Crippen LogP contribution in [-0.4, -0.2) is 26.2 Å². The third-order valence-electron chi connectivity index (χ3n) is 4.09. The number of halogens is 3. The van der Waals surface area contributed by atoms with Gasteiger partial charge in [0.15, 0.2) is 0 Å². The van der Waals surface area contributed by atoms with Gasteiger partial charge in [-0.2, -0.15) is 0 Å². The molecule has 0 atom stereocenters. The van der Waals surface area contributed by atoms with E-state index in [1.165, 1.54) is 17.0 Å². The Morgan fingerprint density at radius 3 is 2.55 bits per heavy atom. The average molecular weight is 324 g/mol. The third kappa shape index (κ3) is 3.57. The maximum absolute atomic E-state index is 13.7. The minimum atomic E-state index is -0.381. The summed E-state index contributed by atoms with van der Waals surface area (Å²) in [7, 11) is 0. The van der Waals surface area contributed by atoms with E-state index in [2.05, 4.69) is 4.90 Å². The molecule has 2 aromatic rings. The molecule has 1 heterocycles. The Morgan fingerprint density at radius 1 is 1.05 bits per heavy atom. The van der Waals surface area contributed by atoms with Gasteiger partial charge in [-0.25, -0.2) is 8.78 Å². The predicted octanol–water partition coefficient (Wildman–Crippen LogP) is 2.52. The lowest BCUT2D eigenvalue weighted by molar-refractivity contribution is -0.914. The van der Waals surface area contributed by atoms with Gasteiger partial charge in [0.2, 0.25) is 0 Å². The van der Waals surface area contributed by atoms with Crippen molar-refractivity contribution in [1.82, 2.24) is 0 Å². The van der Waals surface area contributed by atoms with Crippen molar-refractivity contribution in [2.45, 2.75) is 6.54 Å². The summed E-state index contributed by atoms with van der Waals surface area (Å²) in [6.07, 6.45) is 0. The van der Waals surface area contributed by atoms with Crippen LogP contribution in [0, 0.1) is 11.6 Å². The molecule has 0 amide bonds. The van der Waals surface area contributed by atoms with Crippen molar-refractivity contribution >= 4 is 17.3 Å². The van der Waals surface area contributed by atoms with Crippen LogP contribution < -0.4 is 9.80 Å². The van der Waals surface area contributed by atoms with Crippen LogP contribution in [0.15, 0.2) is 42.5 Å². The lowest BCUT2D eigenvalue weighted by Crippen LogP contribution is -3.13. The SMILES string of the molecule is Fc1ccc(F)c(C[NH+]2CCN(c3cccc(Cl)c3)CC2)c1. The number of nitrogens with one attached hydrogen (secondary N) is 1. The molecule has 0 aromatic heterocycles. The molecule has 1 saturated heterocycles. The lowest BCUT2D eigenvalue weighted by atomic mass is 10.1. The molecule has 0 spiro atoms. The molecule has 2 aromatic carbocycles. The summed E-state index contributed by atoms with van der Waals surface area (Å²) in [6.45, 7) is 4.07. The first-order valence-electron chi connectivity index (χ1n) is 7.40. The number of piperazine rings is 1. The molecule has 5 heteroatoms. The van der Waals surface area contributed by atoms with Gasteiger partial charge in [0.05, 0.1) is 26.2 Å². The Morgan fingerprint density at radius 2 is 1.82 bits per heavy atom. The van der Waals surface area contributed by atoms with Crippen molar-refractivity contribution in [3.05, 3.63) is 64.7 Å². The number of benzene rings is 2. The maximum atomic E-state index is 13.7. The topological polar surface area (TPSA) is 7.68 Å². The average Bonchev–Trinajstić information content (AvgIpc) is 2.52. The van der Waals surface area contributed by atoms with E-state index in [-0.39, 0.29) is 11.6 Å². The zero-order valence-electron chi connectivity index (χ0n) is 12.2. The van der Waals surface area contributed by atoms with E-state index in [9.17, 15) is 8.78 Å². The van der Waals surface area contributed by atoms with Gasteiger partial charge in [0.1, 0.15) is 18.2 Å². The second kappa shape index (κ2) is 6.63. The predicted molar refractivity (Wildman–Crippen MR) is 84.4 cm³/mol. The van der Waals surface area contributed by atoms with E-state index < -0.39 is 0 Å². The zero-order valence-corrected chi connectivity index (χ0v) is 12.9. The summed E-state index contributed by atoms with van der Waals surface area (Å²) >= 11 is 6.02. The van der Waals surface area contributed by atoms with Crippen LogP contribution in [0.1, 0.15) is 5.56 Å². The van der Waals surface area contributed by atoms with Gasteiger partial charge in [-0.15, -0.1) is 0 Å². The molecular formula is C17H18ClF2N2+. The number of anilines is 1. The molecule has 1 fully saturated rings. The fraction of sp³-hybridized carbons (Fsp3) is 0.294. The van der Waals surface area contributed by atoms with E-state index in [1.54, 1.807) is 0 Å². The molecule has 0 radical (unpaired) electrons. The maximum Gasteiger partial charge on any atom is 0.132 e. The van der Waals surface area contributed by atoms with Crippen LogP contribution in [-0.2, 0) is 6.54 Å². The monoisotopic (exact) mass is 323 g/mol. The first kappa shape index (κ1) is 15.3. The van der Waals surface area contributed by atoms with Gasteiger partial charge >= 0.3 is 0 Å². The highest BCUT2D eigenvalue weighted by Crippen LogP contribution is 2.19. The number of nitrogens with zero attached hydrogens (tertiary/aromatic N) is 1. The highest BCUT2D eigenvalue weighted by atomic mass is 35.5. The molecule has 0 unspecified atom stereocenters. The molecular weight excluding hydrogens is 306 g/mol. The van der Waals surface area contributed by atoms with Gasteiger partial charge in [-0.1, -0.05) is 17.7 Å². The van der Waals surface area contributed by atoms with Crippen LogP contribution in [0.5, 0.6) is 0 Å². The van der Waals surface area contributed by atoms with E-state index in [0.29, 0.717) is 12.1 Å². The molecule has 116 valence electrons. The molecule has 0 aliphatic carbocycles. The second-order valence-corrected chi connectivity index (χ2v) is 6.07. The normalized spacial score (nSPS) is 16.0. The van der Waals surface area contributed by atoms with Crippen molar-refractivity contribution < 1.29 is 13.7 Å². The Kier molecular flexibility index (Phi) is 4.60. The van der Waals surface area contributed by atoms with Crippen LogP contribution in [0.2, 0.25) is 5.02 Å². The Labute approximate surface area is 133 Å². The first-order valence-corrected chi connectivity index (χ1v) is 7.77. The molecule has 22 heavy (non-hydrogen) atoms. The number of rotatable bonds is 3. The van der Waals surface area contributed by atoms with Crippen LogP contribution in [0.4, 0.5) is 14.5 Å². The van der Waals surface area contributed by atoms with E-state index in [4.69, 9.17) is 11.6 Å². The lowest BCUT2D eigenvalue weighted by Gasteiger charge is -2.33. The summed E-state index contributed by atoms with van der Waals surface area (Å²) in [4.78, 5) is 3.54.